The molecule has 0 amide bonds. The highest BCUT2D eigenvalue weighted by Gasteiger charge is 2.25. The number of esters is 1. The number of hydrogen-bond acceptors (Lipinski definition) is 7. The predicted molar refractivity (Wildman–Crippen MR) is 224 cm³/mol. The van der Waals surface area contributed by atoms with Gasteiger partial charge in [-0.25, -0.2) is 4.57 Å². The molecule has 0 aromatic rings. The molecule has 0 heterocycles. The Balaban J connectivity index is 4.10. The van der Waals surface area contributed by atoms with E-state index in [9.17, 15) is 14.3 Å². The van der Waals surface area contributed by atoms with Crippen LogP contribution in [0.15, 0.2) is 60.8 Å². The molecular weight excluding hydrogens is 685 g/mol. The van der Waals surface area contributed by atoms with Crippen molar-refractivity contribution in [2.24, 2.45) is 5.73 Å². The molecule has 0 aliphatic heterocycles. The van der Waals surface area contributed by atoms with Gasteiger partial charge in [-0.15, -0.1) is 0 Å². The lowest BCUT2D eigenvalue weighted by Gasteiger charge is -2.20. The maximum Gasteiger partial charge on any atom is 0.472 e. The van der Waals surface area contributed by atoms with Crippen LogP contribution in [-0.4, -0.2) is 49.9 Å². The van der Waals surface area contributed by atoms with Crippen molar-refractivity contribution in [3.8, 4) is 0 Å². The van der Waals surface area contributed by atoms with Gasteiger partial charge in [0.15, 0.2) is 0 Å². The normalized spacial score (nSPS) is 14.1. The highest BCUT2D eigenvalue weighted by Crippen LogP contribution is 2.43. The van der Waals surface area contributed by atoms with Crippen LogP contribution in [0, 0.1) is 0 Å². The van der Waals surface area contributed by atoms with Crippen molar-refractivity contribution in [1.82, 2.24) is 0 Å². The van der Waals surface area contributed by atoms with E-state index in [0.717, 1.165) is 77.0 Å². The van der Waals surface area contributed by atoms with E-state index in [2.05, 4.69) is 74.6 Å². The molecule has 0 saturated heterocycles. The van der Waals surface area contributed by atoms with Crippen LogP contribution in [0.3, 0.4) is 0 Å². The number of nitrogens with two attached hydrogens (primary N) is 1. The molecule has 308 valence electrons. The average Bonchev–Trinajstić information content (AvgIpc) is 3.15. The van der Waals surface area contributed by atoms with E-state index >= 15 is 0 Å². The summed E-state index contributed by atoms with van der Waals surface area (Å²) in [6, 6.07) is 0. The maximum atomic E-state index is 12.6. The summed E-state index contributed by atoms with van der Waals surface area (Å²) >= 11 is 0. The monoisotopic (exact) mass is 766 g/mol. The third-order valence-corrected chi connectivity index (χ3v) is 9.64. The fourth-order valence-electron chi connectivity index (χ4n) is 5.49. The summed E-state index contributed by atoms with van der Waals surface area (Å²) in [5.41, 5.74) is 5.36. The van der Waals surface area contributed by atoms with Crippen molar-refractivity contribution >= 4 is 13.8 Å². The largest absolute Gasteiger partial charge is 0.472 e. The first-order valence-corrected chi connectivity index (χ1v) is 22.8. The van der Waals surface area contributed by atoms with Crippen LogP contribution in [0.25, 0.3) is 0 Å². The lowest BCUT2D eigenvalue weighted by Crippen LogP contribution is -2.28. The Labute approximate surface area is 325 Å². The average molecular weight is 766 g/mol. The van der Waals surface area contributed by atoms with E-state index in [1.165, 1.54) is 77.0 Å². The van der Waals surface area contributed by atoms with Gasteiger partial charge in [-0.05, 0) is 77.0 Å². The Kier molecular flexibility index (Phi) is 40.0. The van der Waals surface area contributed by atoms with Crippen molar-refractivity contribution in [3.63, 3.8) is 0 Å². The molecule has 0 rings (SSSR count). The summed E-state index contributed by atoms with van der Waals surface area (Å²) in [7, 11) is -4.28. The Morgan fingerprint density at radius 2 is 1.02 bits per heavy atom. The molecule has 0 saturated carbocycles. The minimum atomic E-state index is -4.28. The molecule has 2 atom stereocenters. The zero-order valence-corrected chi connectivity index (χ0v) is 34.9. The SMILES string of the molecule is CCCC/C=C\C/C=C\CCCCCCCCOCC(COP(=O)(O)OCCN)OC(=O)CCCCCCCC/C=C\C/C=C\C/C=C\CCCCC. The van der Waals surface area contributed by atoms with E-state index in [-0.39, 0.29) is 32.3 Å². The predicted octanol–water partition coefficient (Wildman–Crippen LogP) is 12.6. The van der Waals surface area contributed by atoms with Gasteiger partial charge < -0.3 is 20.1 Å². The molecule has 0 radical (unpaired) electrons. The van der Waals surface area contributed by atoms with E-state index in [1.54, 1.807) is 0 Å². The molecule has 8 nitrogen and oxygen atoms in total. The lowest BCUT2D eigenvalue weighted by atomic mass is 10.1. The molecule has 0 aliphatic rings. The van der Waals surface area contributed by atoms with Gasteiger partial charge in [0.25, 0.3) is 0 Å². The second-order valence-electron chi connectivity index (χ2n) is 13.8. The number of allylic oxidation sites excluding steroid dienone is 10. The fraction of sp³-hybridized carbons (Fsp3) is 0.750. The smallest absolute Gasteiger partial charge is 0.457 e. The van der Waals surface area contributed by atoms with Crippen LogP contribution in [0.5, 0.6) is 0 Å². The van der Waals surface area contributed by atoms with Gasteiger partial charge in [0.2, 0.25) is 0 Å². The standard InChI is InChI=1S/C44H80NO7P/c1-3-5-7-9-11-13-15-17-19-20-21-22-23-25-27-29-31-33-35-37-44(46)52-43(42-51-53(47,48)50-40-38-45)41-49-39-36-34-32-30-28-26-24-18-16-14-12-10-8-6-4-2/h10-13,16-19,21-22,43H,3-9,14-15,20,23-42,45H2,1-2H3,(H,47,48)/b12-10-,13-11-,18-16-,19-17-,22-21-. The third-order valence-electron chi connectivity index (χ3n) is 8.66. The van der Waals surface area contributed by atoms with Gasteiger partial charge >= 0.3 is 13.8 Å². The lowest BCUT2D eigenvalue weighted by molar-refractivity contribution is -0.154. The van der Waals surface area contributed by atoms with Gasteiger partial charge in [0.05, 0.1) is 19.8 Å². The molecule has 0 aromatic heterocycles. The number of carbonyl (C=O) groups excluding carboxylic acids is 1. The topological polar surface area (TPSA) is 117 Å². The third kappa shape index (κ3) is 41.2. The summed E-state index contributed by atoms with van der Waals surface area (Å²) in [5, 5.41) is 0. The molecule has 53 heavy (non-hydrogen) atoms. The van der Waals surface area contributed by atoms with Crippen LogP contribution >= 0.6 is 7.82 Å². The molecule has 0 fully saturated rings. The van der Waals surface area contributed by atoms with Crippen molar-refractivity contribution in [2.45, 2.75) is 180 Å². The summed E-state index contributed by atoms with van der Waals surface area (Å²) in [6.07, 6.45) is 49.4. The number of ether oxygens (including phenoxy) is 2. The van der Waals surface area contributed by atoms with Crippen LogP contribution in [0.1, 0.15) is 174 Å². The minimum Gasteiger partial charge on any atom is -0.457 e. The molecule has 0 bridgehead atoms. The number of hydrogen-bond donors (Lipinski definition) is 2. The molecule has 0 spiro atoms. The Morgan fingerprint density at radius 1 is 0.566 bits per heavy atom. The number of unbranched alkanes of at least 4 members (excludes halogenated alkanes) is 17. The molecule has 0 aliphatic carbocycles. The highest BCUT2D eigenvalue weighted by atomic mass is 31.2. The van der Waals surface area contributed by atoms with Gasteiger partial charge in [0.1, 0.15) is 6.10 Å². The van der Waals surface area contributed by atoms with Gasteiger partial charge in [-0.2, -0.15) is 0 Å². The van der Waals surface area contributed by atoms with Gasteiger partial charge in [-0.1, -0.05) is 152 Å². The molecular formula is C44H80NO7P. The first-order valence-electron chi connectivity index (χ1n) is 21.3. The second-order valence-corrected chi connectivity index (χ2v) is 15.3. The van der Waals surface area contributed by atoms with Gasteiger partial charge in [0, 0.05) is 19.6 Å². The van der Waals surface area contributed by atoms with Crippen molar-refractivity contribution in [1.29, 1.82) is 0 Å². The number of rotatable bonds is 40. The van der Waals surface area contributed by atoms with Gasteiger partial charge in [-0.3, -0.25) is 13.8 Å². The molecule has 2 unspecified atom stereocenters. The summed E-state index contributed by atoms with van der Waals surface area (Å²) in [5.74, 6) is -0.349. The van der Waals surface area contributed by atoms with Crippen molar-refractivity contribution in [3.05, 3.63) is 60.8 Å². The molecule has 0 aromatic carbocycles. The Bertz CT molecular complexity index is 994. The fourth-order valence-corrected chi connectivity index (χ4v) is 6.25. The van der Waals surface area contributed by atoms with E-state index in [0.29, 0.717) is 13.0 Å². The van der Waals surface area contributed by atoms with Crippen molar-refractivity contribution < 1.29 is 32.8 Å². The number of phosphoric acid groups is 1. The highest BCUT2D eigenvalue weighted by molar-refractivity contribution is 7.47. The summed E-state index contributed by atoms with van der Waals surface area (Å²) in [6.45, 7) is 4.80. The van der Waals surface area contributed by atoms with Crippen LogP contribution in [0.4, 0.5) is 0 Å². The quantitative estimate of drug-likeness (QED) is 0.0274. The molecule has 3 N–H and O–H groups in total. The van der Waals surface area contributed by atoms with Crippen molar-refractivity contribution in [2.75, 3.05) is 33.0 Å². The van der Waals surface area contributed by atoms with Crippen LogP contribution in [0.2, 0.25) is 0 Å². The summed E-state index contributed by atoms with van der Waals surface area (Å²) < 4.78 is 33.4. The number of carbonyl (C=O) groups is 1. The zero-order chi connectivity index (χ0) is 38.8. The second kappa shape index (κ2) is 41.4. The summed E-state index contributed by atoms with van der Waals surface area (Å²) in [4.78, 5) is 22.5. The molecule has 9 heteroatoms. The first kappa shape index (κ1) is 51.2. The first-order chi connectivity index (χ1) is 25.9. The van der Waals surface area contributed by atoms with E-state index < -0.39 is 13.9 Å². The zero-order valence-electron chi connectivity index (χ0n) is 34.0. The van der Waals surface area contributed by atoms with Crippen LogP contribution < -0.4 is 5.73 Å². The number of phosphoric ester groups is 1. The van der Waals surface area contributed by atoms with E-state index in [4.69, 9.17) is 24.3 Å². The van der Waals surface area contributed by atoms with E-state index in [1.807, 2.05) is 0 Å². The minimum absolute atomic E-state index is 0.0934. The maximum absolute atomic E-state index is 12.6. The Morgan fingerprint density at radius 3 is 1.55 bits per heavy atom. The van der Waals surface area contributed by atoms with Crippen LogP contribution in [-0.2, 0) is 27.9 Å². The Hall–Kier alpha value is -1.80.